The van der Waals surface area contributed by atoms with Gasteiger partial charge in [0, 0.05) is 29.2 Å². The van der Waals surface area contributed by atoms with Gasteiger partial charge in [-0.2, -0.15) is 0 Å². The van der Waals surface area contributed by atoms with Crippen LogP contribution in [0.4, 0.5) is 4.39 Å². The first-order valence-corrected chi connectivity index (χ1v) is 10.4. The SMILES string of the molecule is Cc1ccc(-c2nn3cc(C(=O)N[C@@H](C)c4ccc(F)cc4)c(C(C)C)c3c(=O)[nH]2)cn1. The smallest absolute Gasteiger partial charge is 0.275 e. The van der Waals surface area contributed by atoms with Crippen molar-refractivity contribution in [2.24, 2.45) is 0 Å². The predicted molar refractivity (Wildman–Crippen MR) is 120 cm³/mol. The Morgan fingerprint density at radius 2 is 1.84 bits per heavy atom. The number of fused-ring (bicyclic) bond motifs is 1. The molecule has 0 aliphatic carbocycles. The van der Waals surface area contributed by atoms with Crippen molar-refractivity contribution in [3.8, 4) is 11.4 Å². The summed E-state index contributed by atoms with van der Waals surface area (Å²) in [6.07, 6.45) is 3.22. The summed E-state index contributed by atoms with van der Waals surface area (Å²) >= 11 is 0. The van der Waals surface area contributed by atoms with E-state index in [0.717, 1.165) is 11.3 Å². The Kier molecular flexibility index (Phi) is 5.61. The average Bonchev–Trinajstić information content (AvgIpc) is 3.15. The summed E-state index contributed by atoms with van der Waals surface area (Å²) in [5.74, 6) is -0.379. The molecule has 0 spiro atoms. The molecule has 8 heteroatoms. The maximum absolute atomic E-state index is 13.2. The quantitative estimate of drug-likeness (QED) is 0.495. The van der Waals surface area contributed by atoms with Crippen LogP contribution in [0, 0.1) is 12.7 Å². The molecule has 0 unspecified atom stereocenters. The van der Waals surface area contributed by atoms with Gasteiger partial charge < -0.3 is 10.3 Å². The normalized spacial score (nSPS) is 12.3. The molecule has 1 amide bonds. The third-order valence-corrected chi connectivity index (χ3v) is 5.40. The number of halogens is 1. The van der Waals surface area contributed by atoms with E-state index < -0.39 is 0 Å². The molecule has 0 aliphatic rings. The number of benzene rings is 1. The maximum atomic E-state index is 13.2. The predicted octanol–water partition coefficient (Wildman–Crippen LogP) is 4.15. The summed E-state index contributed by atoms with van der Waals surface area (Å²) in [6, 6.07) is 9.31. The van der Waals surface area contributed by atoms with Crippen molar-refractivity contribution in [1.82, 2.24) is 24.9 Å². The van der Waals surface area contributed by atoms with E-state index in [9.17, 15) is 14.0 Å². The second kappa shape index (κ2) is 8.37. The van der Waals surface area contributed by atoms with Crippen LogP contribution in [0.15, 0.2) is 53.6 Å². The lowest BCUT2D eigenvalue weighted by Crippen LogP contribution is -2.27. The number of hydrogen-bond acceptors (Lipinski definition) is 4. The minimum atomic E-state index is -0.341. The fourth-order valence-corrected chi connectivity index (χ4v) is 3.72. The zero-order valence-corrected chi connectivity index (χ0v) is 18.3. The van der Waals surface area contributed by atoms with Crippen molar-refractivity contribution < 1.29 is 9.18 Å². The highest BCUT2D eigenvalue weighted by molar-refractivity contribution is 5.98. The first kappa shape index (κ1) is 21.4. The number of carbonyl (C=O) groups excluding carboxylic acids is 1. The lowest BCUT2D eigenvalue weighted by atomic mass is 9.99. The molecule has 164 valence electrons. The fraction of sp³-hybridized carbons (Fsp3) is 0.250. The molecule has 32 heavy (non-hydrogen) atoms. The Balaban J connectivity index is 1.75. The molecule has 3 aromatic heterocycles. The average molecular weight is 433 g/mol. The van der Waals surface area contributed by atoms with Gasteiger partial charge in [0.1, 0.15) is 11.3 Å². The van der Waals surface area contributed by atoms with Gasteiger partial charge in [0.05, 0.1) is 11.6 Å². The van der Waals surface area contributed by atoms with Crippen LogP contribution < -0.4 is 10.9 Å². The molecule has 0 fully saturated rings. The molecular weight excluding hydrogens is 409 g/mol. The molecule has 0 bridgehead atoms. The Morgan fingerprint density at radius 3 is 2.47 bits per heavy atom. The second-order valence-electron chi connectivity index (χ2n) is 8.14. The van der Waals surface area contributed by atoms with E-state index in [2.05, 4.69) is 20.4 Å². The Morgan fingerprint density at radius 1 is 1.12 bits per heavy atom. The van der Waals surface area contributed by atoms with E-state index in [-0.39, 0.29) is 29.2 Å². The number of rotatable bonds is 5. The Hall–Kier alpha value is -3.81. The molecule has 1 aromatic carbocycles. The maximum Gasteiger partial charge on any atom is 0.275 e. The van der Waals surface area contributed by atoms with E-state index in [1.54, 1.807) is 24.5 Å². The highest BCUT2D eigenvalue weighted by atomic mass is 19.1. The third kappa shape index (κ3) is 4.03. The number of pyridine rings is 1. The Labute approximate surface area is 184 Å². The van der Waals surface area contributed by atoms with Crippen molar-refractivity contribution in [3.05, 3.63) is 87.3 Å². The van der Waals surface area contributed by atoms with E-state index in [1.165, 1.54) is 16.6 Å². The highest BCUT2D eigenvalue weighted by Crippen LogP contribution is 2.26. The highest BCUT2D eigenvalue weighted by Gasteiger charge is 2.24. The van der Waals surface area contributed by atoms with Gasteiger partial charge in [-0.1, -0.05) is 26.0 Å². The second-order valence-corrected chi connectivity index (χ2v) is 8.14. The first-order valence-electron chi connectivity index (χ1n) is 10.4. The van der Waals surface area contributed by atoms with Crippen molar-refractivity contribution in [2.45, 2.75) is 39.7 Å². The summed E-state index contributed by atoms with van der Waals surface area (Å²) in [5, 5.41) is 7.46. The third-order valence-electron chi connectivity index (χ3n) is 5.40. The molecule has 1 atom stereocenters. The minimum Gasteiger partial charge on any atom is -0.345 e. The minimum absolute atomic E-state index is 0.0864. The fourth-order valence-electron chi connectivity index (χ4n) is 3.72. The molecule has 3 heterocycles. The van der Waals surface area contributed by atoms with Crippen LogP contribution in [0.25, 0.3) is 16.9 Å². The lowest BCUT2D eigenvalue weighted by Gasteiger charge is -2.15. The van der Waals surface area contributed by atoms with Crippen LogP contribution >= 0.6 is 0 Å². The monoisotopic (exact) mass is 433 g/mol. The van der Waals surface area contributed by atoms with Gasteiger partial charge in [-0.3, -0.25) is 14.6 Å². The first-order chi connectivity index (χ1) is 15.2. The van der Waals surface area contributed by atoms with E-state index in [4.69, 9.17) is 0 Å². The number of H-pyrrole nitrogens is 1. The number of aromatic amines is 1. The van der Waals surface area contributed by atoms with Crippen LogP contribution in [0.5, 0.6) is 0 Å². The summed E-state index contributed by atoms with van der Waals surface area (Å²) in [7, 11) is 0. The zero-order valence-electron chi connectivity index (χ0n) is 18.3. The number of amides is 1. The molecule has 7 nitrogen and oxygen atoms in total. The van der Waals surface area contributed by atoms with Crippen LogP contribution in [-0.4, -0.2) is 25.5 Å². The summed E-state index contributed by atoms with van der Waals surface area (Å²) in [5.41, 5.74) is 3.31. The lowest BCUT2D eigenvalue weighted by molar-refractivity contribution is 0.0938. The van der Waals surface area contributed by atoms with Crippen molar-refractivity contribution in [2.75, 3.05) is 0 Å². The number of nitrogens with one attached hydrogen (secondary N) is 2. The van der Waals surface area contributed by atoms with Gasteiger partial charge in [0.15, 0.2) is 5.82 Å². The number of carbonyl (C=O) groups is 1. The van der Waals surface area contributed by atoms with Gasteiger partial charge in [0.2, 0.25) is 0 Å². The molecule has 0 aliphatic heterocycles. The molecular formula is C24H24FN5O2. The number of aromatic nitrogens is 4. The van der Waals surface area contributed by atoms with Crippen LogP contribution in [0.1, 0.15) is 59.9 Å². The van der Waals surface area contributed by atoms with Gasteiger partial charge in [-0.05, 0) is 49.6 Å². The van der Waals surface area contributed by atoms with Gasteiger partial charge >= 0.3 is 0 Å². The van der Waals surface area contributed by atoms with E-state index in [1.807, 2.05) is 39.8 Å². The van der Waals surface area contributed by atoms with Crippen LogP contribution in [0.2, 0.25) is 0 Å². The molecule has 0 saturated heterocycles. The molecule has 0 saturated carbocycles. The summed E-state index contributed by atoms with van der Waals surface area (Å²) in [4.78, 5) is 33.2. The molecule has 2 N–H and O–H groups in total. The Bertz CT molecular complexity index is 1340. The summed E-state index contributed by atoms with van der Waals surface area (Å²) in [6.45, 7) is 7.55. The molecule has 0 radical (unpaired) electrons. The molecule has 4 rings (SSSR count). The molecule has 4 aromatic rings. The van der Waals surface area contributed by atoms with Crippen molar-refractivity contribution in [3.63, 3.8) is 0 Å². The van der Waals surface area contributed by atoms with E-state index >= 15 is 0 Å². The van der Waals surface area contributed by atoms with Crippen LogP contribution in [-0.2, 0) is 0 Å². The standard InChI is InChI=1S/C24H24FN5O2/c1-13(2)20-19(23(31)27-15(4)16-7-9-18(25)10-8-16)12-30-21(20)24(32)28-22(29-30)17-6-5-14(3)26-11-17/h5-13,15H,1-4H3,(H,27,31)(H,28,29,32)/t15-/m0/s1. The topological polar surface area (TPSA) is 92.2 Å². The number of aryl methyl sites for hydroxylation is 1. The largest absolute Gasteiger partial charge is 0.345 e. The van der Waals surface area contributed by atoms with Crippen LogP contribution in [0.3, 0.4) is 0 Å². The van der Waals surface area contributed by atoms with Crippen molar-refractivity contribution in [1.29, 1.82) is 0 Å². The van der Waals surface area contributed by atoms with Gasteiger partial charge in [0.25, 0.3) is 11.5 Å². The number of hydrogen-bond donors (Lipinski definition) is 2. The van der Waals surface area contributed by atoms with E-state index in [0.29, 0.717) is 28.0 Å². The van der Waals surface area contributed by atoms with Gasteiger partial charge in [-0.25, -0.2) is 8.91 Å². The summed E-state index contributed by atoms with van der Waals surface area (Å²) < 4.78 is 14.7. The zero-order chi connectivity index (χ0) is 23.0. The van der Waals surface area contributed by atoms with Crippen molar-refractivity contribution >= 4 is 11.4 Å². The van der Waals surface area contributed by atoms with Gasteiger partial charge in [-0.15, -0.1) is 5.10 Å². The number of nitrogens with zero attached hydrogens (tertiary/aromatic N) is 3.